The number of amides is 2. The lowest BCUT2D eigenvalue weighted by Gasteiger charge is -2.21. The second kappa shape index (κ2) is 14.2. The average Bonchev–Trinajstić information content (AvgIpc) is 2.74. The molecule has 0 aromatic heterocycles. The Labute approximate surface area is 172 Å². The molecule has 0 fully saturated rings. The van der Waals surface area contributed by atoms with Gasteiger partial charge in [0, 0.05) is 6.54 Å². The summed E-state index contributed by atoms with van der Waals surface area (Å²) in [5.41, 5.74) is 0.916. The average molecular weight is 403 g/mol. The zero-order valence-corrected chi connectivity index (χ0v) is 17.1. The summed E-state index contributed by atoms with van der Waals surface area (Å²) in [6, 6.07) is 5.49. The number of ether oxygens (including phenoxy) is 4. The molecule has 7 nitrogen and oxygen atoms in total. The Kier molecular flexibility index (Phi) is 11.9. The molecule has 0 aliphatic heterocycles. The Bertz CT molecular complexity index is 710. The van der Waals surface area contributed by atoms with Gasteiger partial charge in [-0.3, -0.25) is 14.5 Å². The largest absolute Gasteiger partial charge is 0.493 e. The fourth-order valence-electron chi connectivity index (χ4n) is 2.55. The lowest BCUT2D eigenvalue weighted by atomic mass is 10.1. The quantitative estimate of drug-likeness (QED) is 0.269. The molecule has 0 aliphatic rings. The molecule has 0 heterocycles. The first-order valence-electron chi connectivity index (χ1n) is 9.31. The van der Waals surface area contributed by atoms with Crippen molar-refractivity contribution in [2.75, 3.05) is 47.2 Å². The van der Waals surface area contributed by atoms with E-state index in [0.29, 0.717) is 24.5 Å². The van der Waals surface area contributed by atoms with Crippen molar-refractivity contribution < 1.29 is 28.5 Å². The van der Waals surface area contributed by atoms with Crippen LogP contribution in [0.1, 0.15) is 18.4 Å². The SMILES string of the molecule is C#CCOCCC(=O)N(CCc1ccc(OC)c(OC)c1)C(=O)CCOCC=C. The lowest BCUT2D eigenvalue weighted by Crippen LogP contribution is -2.39. The van der Waals surface area contributed by atoms with E-state index in [0.717, 1.165) is 5.56 Å². The third kappa shape index (κ3) is 8.81. The van der Waals surface area contributed by atoms with Crippen molar-refractivity contribution in [3.8, 4) is 23.8 Å². The second-order valence-electron chi connectivity index (χ2n) is 6.00. The molecule has 0 spiro atoms. The van der Waals surface area contributed by atoms with Gasteiger partial charge in [-0.2, -0.15) is 0 Å². The highest BCUT2D eigenvalue weighted by molar-refractivity contribution is 5.95. The first-order valence-corrected chi connectivity index (χ1v) is 9.31. The van der Waals surface area contributed by atoms with Gasteiger partial charge >= 0.3 is 0 Å². The van der Waals surface area contributed by atoms with Gasteiger partial charge in [0.2, 0.25) is 11.8 Å². The fourth-order valence-corrected chi connectivity index (χ4v) is 2.55. The number of benzene rings is 1. The van der Waals surface area contributed by atoms with Crippen molar-refractivity contribution in [3.63, 3.8) is 0 Å². The molecule has 1 aromatic rings. The molecule has 0 N–H and O–H groups in total. The molecule has 0 radical (unpaired) electrons. The molecule has 0 saturated heterocycles. The number of imide groups is 1. The molecular weight excluding hydrogens is 374 g/mol. The van der Waals surface area contributed by atoms with Crippen LogP contribution in [0.2, 0.25) is 0 Å². The Hall–Kier alpha value is -2.82. The van der Waals surface area contributed by atoms with Gasteiger partial charge < -0.3 is 18.9 Å². The number of methoxy groups -OCH3 is 2. The minimum absolute atomic E-state index is 0.0763. The van der Waals surface area contributed by atoms with Gasteiger partial charge in [0.15, 0.2) is 11.5 Å². The Balaban J connectivity index is 2.76. The first kappa shape index (κ1) is 24.2. The van der Waals surface area contributed by atoms with Gasteiger partial charge in [-0.05, 0) is 24.1 Å². The van der Waals surface area contributed by atoms with E-state index in [1.165, 1.54) is 4.90 Å². The molecule has 0 unspecified atom stereocenters. The van der Waals surface area contributed by atoms with Crippen LogP contribution >= 0.6 is 0 Å². The van der Waals surface area contributed by atoms with E-state index in [4.69, 9.17) is 25.4 Å². The summed E-state index contributed by atoms with van der Waals surface area (Å²) in [6.45, 7) is 4.66. The van der Waals surface area contributed by atoms with Crippen LogP contribution in [-0.4, -0.2) is 63.9 Å². The van der Waals surface area contributed by atoms with E-state index in [-0.39, 0.29) is 51.0 Å². The van der Waals surface area contributed by atoms with Crippen LogP contribution in [0, 0.1) is 12.3 Å². The Morgan fingerprint density at radius 2 is 1.76 bits per heavy atom. The number of terminal acetylenes is 1. The maximum absolute atomic E-state index is 12.6. The van der Waals surface area contributed by atoms with Crippen LogP contribution in [-0.2, 0) is 25.5 Å². The van der Waals surface area contributed by atoms with Gasteiger partial charge in [0.05, 0.1) is 46.9 Å². The van der Waals surface area contributed by atoms with Crippen LogP contribution in [0.25, 0.3) is 0 Å². The molecule has 0 aliphatic carbocycles. The molecule has 2 amide bonds. The zero-order valence-electron chi connectivity index (χ0n) is 17.1. The first-order chi connectivity index (χ1) is 14.1. The van der Waals surface area contributed by atoms with Crippen molar-refractivity contribution >= 4 is 11.8 Å². The maximum Gasteiger partial charge on any atom is 0.231 e. The highest BCUT2D eigenvalue weighted by Crippen LogP contribution is 2.27. The molecular formula is C22H29NO6. The third-order valence-corrected chi connectivity index (χ3v) is 4.02. The number of hydrogen-bond acceptors (Lipinski definition) is 6. The Morgan fingerprint density at radius 3 is 2.34 bits per heavy atom. The molecule has 0 saturated carbocycles. The maximum atomic E-state index is 12.6. The van der Waals surface area contributed by atoms with E-state index in [9.17, 15) is 9.59 Å². The normalized spacial score (nSPS) is 10.1. The van der Waals surface area contributed by atoms with E-state index in [1.807, 2.05) is 12.1 Å². The molecule has 1 aromatic carbocycles. The van der Waals surface area contributed by atoms with Crippen LogP contribution < -0.4 is 9.47 Å². The fraction of sp³-hybridized carbons (Fsp3) is 0.455. The molecule has 158 valence electrons. The van der Waals surface area contributed by atoms with Gasteiger partial charge in [-0.1, -0.05) is 18.1 Å². The number of hydrogen-bond donors (Lipinski definition) is 0. The van der Waals surface area contributed by atoms with Crippen molar-refractivity contribution in [1.82, 2.24) is 4.90 Å². The standard InChI is InChI=1S/C22H29NO6/c1-5-13-28-15-10-21(24)23(22(25)11-16-29-14-6-2)12-9-18-7-8-19(26-3)20(17-18)27-4/h1,6-8,17H,2,9-16H2,3-4H3. The molecule has 29 heavy (non-hydrogen) atoms. The summed E-state index contributed by atoms with van der Waals surface area (Å²) >= 11 is 0. The lowest BCUT2D eigenvalue weighted by molar-refractivity contribution is -0.146. The summed E-state index contributed by atoms with van der Waals surface area (Å²) in [6.07, 6.45) is 7.40. The van der Waals surface area contributed by atoms with Crippen LogP contribution in [0.5, 0.6) is 11.5 Å². The highest BCUT2D eigenvalue weighted by Gasteiger charge is 2.21. The van der Waals surface area contributed by atoms with Gasteiger partial charge in [-0.15, -0.1) is 13.0 Å². The predicted molar refractivity (Wildman–Crippen MR) is 110 cm³/mol. The third-order valence-electron chi connectivity index (χ3n) is 4.02. The summed E-state index contributed by atoms with van der Waals surface area (Å²) < 4.78 is 20.9. The minimum atomic E-state index is -0.309. The van der Waals surface area contributed by atoms with E-state index in [2.05, 4.69) is 12.5 Å². The number of carbonyl (C=O) groups is 2. The van der Waals surface area contributed by atoms with Crippen LogP contribution in [0.3, 0.4) is 0 Å². The number of rotatable bonds is 14. The molecule has 0 bridgehead atoms. The smallest absolute Gasteiger partial charge is 0.231 e. The van der Waals surface area contributed by atoms with Crippen molar-refractivity contribution in [2.24, 2.45) is 0 Å². The number of carbonyl (C=O) groups excluding carboxylic acids is 2. The molecule has 7 heteroatoms. The molecule has 0 atom stereocenters. The van der Waals surface area contributed by atoms with Crippen molar-refractivity contribution in [2.45, 2.75) is 19.3 Å². The van der Waals surface area contributed by atoms with E-state index < -0.39 is 0 Å². The zero-order chi connectivity index (χ0) is 21.5. The number of nitrogens with zero attached hydrogens (tertiary/aromatic N) is 1. The second-order valence-corrected chi connectivity index (χ2v) is 6.00. The van der Waals surface area contributed by atoms with Crippen LogP contribution in [0.15, 0.2) is 30.9 Å². The summed E-state index contributed by atoms with van der Waals surface area (Å²) in [4.78, 5) is 26.4. The summed E-state index contributed by atoms with van der Waals surface area (Å²) in [5.74, 6) is 2.94. The van der Waals surface area contributed by atoms with Gasteiger partial charge in [0.25, 0.3) is 0 Å². The Morgan fingerprint density at radius 1 is 1.10 bits per heavy atom. The minimum Gasteiger partial charge on any atom is -0.493 e. The van der Waals surface area contributed by atoms with Gasteiger partial charge in [-0.25, -0.2) is 0 Å². The monoisotopic (exact) mass is 403 g/mol. The van der Waals surface area contributed by atoms with E-state index >= 15 is 0 Å². The topological polar surface area (TPSA) is 74.3 Å². The van der Waals surface area contributed by atoms with Gasteiger partial charge in [0.1, 0.15) is 6.61 Å². The van der Waals surface area contributed by atoms with Crippen molar-refractivity contribution in [1.29, 1.82) is 0 Å². The predicted octanol–water partition coefficient (Wildman–Crippen LogP) is 2.23. The summed E-state index contributed by atoms with van der Waals surface area (Å²) in [5, 5.41) is 0. The van der Waals surface area contributed by atoms with E-state index in [1.54, 1.807) is 26.4 Å². The summed E-state index contributed by atoms with van der Waals surface area (Å²) in [7, 11) is 3.12. The van der Waals surface area contributed by atoms with Crippen LogP contribution in [0.4, 0.5) is 0 Å². The highest BCUT2D eigenvalue weighted by atomic mass is 16.5. The van der Waals surface area contributed by atoms with Crippen molar-refractivity contribution in [3.05, 3.63) is 36.4 Å². The molecule has 1 rings (SSSR count).